The van der Waals surface area contributed by atoms with E-state index in [0.717, 1.165) is 6.42 Å². The Bertz CT molecular complexity index is 427. The lowest BCUT2D eigenvalue weighted by Gasteiger charge is -2.36. The van der Waals surface area contributed by atoms with Crippen LogP contribution in [0.4, 0.5) is 4.79 Å². The second kappa shape index (κ2) is 8.00. The second-order valence-corrected chi connectivity index (χ2v) is 5.28. The lowest BCUT2D eigenvalue weighted by molar-refractivity contribution is -0.145. The molecule has 2 aliphatic rings. The lowest BCUT2D eigenvalue weighted by atomic mass is 9.89. The Kier molecular flexibility index (Phi) is 6.64. The van der Waals surface area contributed by atoms with Crippen molar-refractivity contribution >= 4 is 17.9 Å². The number of alkyl carbamates (subject to hydrolysis) is 1. The minimum Gasteiger partial charge on any atom is -0.453 e. The molecule has 2 fully saturated rings. The minimum absolute atomic E-state index is 0.109. The molecule has 0 saturated carbocycles. The van der Waals surface area contributed by atoms with E-state index in [1.165, 1.54) is 7.11 Å². The van der Waals surface area contributed by atoms with Crippen LogP contribution in [0.5, 0.6) is 0 Å². The molecule has 0 bridgehead atoms. The smallest absolute Gasteiger partial charge is 0.407 e. The van der Waals surface area contributed by atoms with Gasteiger partial charge in [0.1, 0.15) is 11.6 Å². The number of hydrogen-bond acceptors (Lipinski definition) is 4. The van der Waals surface area contributed by atoms with E-state index in [-0.39, 0.29) is 11.8 Å². The van der Waals surface area contributed by atoms with Crippen LogP contribution < -0.4 is 10.6 Å². The van der Waals surface area contributed by atoms with Gasteiger partial charge in [-0.2, -0.15) is 0 Å². The standard InChI is InChI=1S/C13H21N3O4.C2H6/c1-14-11(18)13-6-3-5-9(15-12(19)20-2)10(17)16(13)8-4-7-13;1-2/h9H,3-8H2,1-2H3,(H,14,18)(H,15,19);1-2H3. The normalized spacial score (nSPS) is 27.0. The summed E-state index contributed by atoms with van der Waals surface area (Å²) in [5, 5.41) is 5.23. The van der Waals surface area contributed by atoms with Gasteiger partial charge in [0.05, 0.1) is 7.11 Å². The van der Waals surface area contributed by atoms with Crippen molar-refractivity contribution in [1.82, 2.24) is 15.5 Å². The third-order valence-corrected chi connectivity index (χ3v) is 4.26. The first-order valence-electron chi connectivity index (χ1n) is 7.93. The molecule has 7 nitrogen and oxygen atoms in total. The second-order valence-electron chi connectivity index (χ2n) is 5.28. The van der Waals surface area contributed by atoms with Crippen LogP contribution in [0, 0.1) is 0 Å². The fraction of sp³-hybridized carbons (Fsp3) is 0.800. The fourth-order valence-electron chi connectivity index (χ4n) is 3.29. The Morgan fingerprint density at radius 3 is 2.50 bits per heavy atom. The number of rotatable bonds is 2. The zero-order chi connectivity index (χ0) is 16.8. The maximum Gasteiger partial charge on any atom is 0.407 e. The monoisotopic (exact) mass is 313 g/mol. The largest absolute Gasteiger partial charge is 0.453 e. The Labute approximate surface area is 131 Å². The van der Waals surface area contributed by atoms with Gasteiger partial charge in [0.25, 0.3) is 0 Å². The van der Waals surface area contributed by atoms with Crippen molar-refractivity contribution in [2.75, 3.05) is 20.7 Å². The average Bonchev–Trinajstić information content (AvgIpc) is 2.94. The third kappa shape index (κ3) is 3.34. The molecule has 0 aliphatic carbocycles. The number of methoxy groups -OCH3 is 1. The zero-order valence-corrected chi connectivity index (χ0v) is 13.9. The molecule has 2 atom stereocenters. The zero-order valence-electron chi connectivity index (χ0n) is 13.9. The lowest BCUT2D eigenvalue weighted by Crippen LogP contribution is -2.59. The summed E-state index contributed by atoms with van der Waals surface area (Å²) in [6.45, 7) is 4.56. The maximum absolute atomic E-state index is 12.6. The Hall–Kier alpha value is -1.79. The molecule has 2 saturated heterocycles. The molecule has 0 aromatic carbocycles. The number of carbonyl (C=O) groups excluding carboxylic acids is 3. The summed E-state index contributed by atoms with van der Waals surface area (Å²) >= 11 is 0. The molecular weight excluding hydrogens is 286 g/mol. The molecular formula is C15H27N3O4. The number of nitrogens with zero attached hydrogens (tertiary/aromatic N) is 1. The van der Waals surface area contributed by atoms with E-state index in [9.17, 15) is 14.4 Å². The molecule has 0 aromatic heterocycles. The molecule has 3 amide bonds. The Morgan fingerprint density at radius 2 is 1.91 bits per heavy atom. The Morgan fingerprint density at radius 1 is 1.27 bits per heavy atom. The number of hydrogen-bond donors (Lipinski definition) is 2. The summed E-state index contributed by atoms with van der Waals surface area (Å²) in [5.41, 5.74) is -0.738. The van der Waals surface area contributed by atoms with Crippen LogP contribution in [-0.4, -0.2) is 55.1 Å². The molecule has 2 rings (SSSR count). The molecule has 2 aliphatic heterocycles. The van der Waals surface area contributed by atoms with Gasteiger partial charge >= 0.3 is 6.09 Å². The molecule has 7 heteroatoms. The average molecular weight is 313 g/mol. The van der Waals surface area contributed by atoms with Gasteiger partial charge < -0.3 is 20.3 Å². The van der Waals surface area contributed by atoms with E-state index in [0.29, 0.717) is 32.2 Å². The fourth-order valence-corrected chi connectivity index (χ4v) is 3.29. The van der Waals surface area contributed by atoms with Gasteiger partial charge in [-0.3, -0.25) is 9.59 Å². The highest BCUT2D eigenvalue weighted by Crippen LogP contribution is 2.37. The summed E-state index contributed by atoms with van der Waals surface area (Å²) in [7, 11) is 2.86. The van der Waals surface area contributed by atoms with E-state index < -0.39 is 17.7 Å². The van der Waals surface area contributed by atoms with Gasteiger partial charge in [0, 0.05) is 13.6 Å². The molecule has 0 aromatic rings. The number of fused-ring (bicyclic) bond motifs is 1. The van der Waals surface area contributed by atoms with Crippen molar-refractivity contribution in [3.8, 4) is 0 Å². The van der Waals surface area contributed by atoms with Crippen molar-refractivity contribution in [3.63, 3.8) is 0 Å². The summed E-state index contributed by atoms with van der Waals surface area (Å²) in [6.07, 6.45) is 2.76. The predicted octanol–water partition coefficient (Wildman–Crippen LogP) is 1.03. The quantitative estimate of drug-likeness (QED) is 0.797. The van der Waals surface area contributed by atoms with Crippen molar-refractivity contribution in [3.05, 3.63) is 0 Å². The minimum atomic E-state index is -0.738. The van der Waals surface area contributed by atoms with E-state index in [1.54, 1.807) is 11.9 Å². The van der Waals surface area contributed by atoms with Crippen molar-refractivity contribution in [2.45, 2.75) is 57.5 Å². The van der Waals surface area contributed by atoms with Crippen molar-refractivity contribution < 1.29 is 19.1 Å². The first kappa shape index (κ1) is 18.3. The molecule has 2 unspecified atom stereocenters. The van der Waals surface area contributed by atoms with Gasteiger partial charge in [0.2, 0.25) is 11.8 Å². The number of likely N-dealkylation sites (N-methyl/N-ethyl adjacent to an activating group) is 1. The molecule has 0 radical (unpaired) electrons. The van der Waals surface area contributed by atoms with Crippen molar-refractivity contribution in [1.29, 1.82) is 0 Å². The van der Waals surface area contributed by atoms with Crippen LogP contribution in [0.25, 0.3) is 0 Å². The highest BCUT2D eigenvalue weighted by atomic mass is 16.5. The first-order valence-corrected chi connectivity index (χ1v) is 7.93. The third-order valence-electron chi connectivity index (χ3n) is 4.26. The predicted molar refractivity (Wildman–Crippen MR) is 82.3 cm³/mol. The van der Waals surface area contributed by atoms with Crippen LogP contribution in [0.3, 0.4) is 0 Å². The van der Waals surface area contributed by atoms with E-state index >= 15 is 0 Å². The summed E-state index contributed by atoms with van der Waals surface area (Å²) in [4.78, 5) is 37.8. The van der Waals surface area contributed by atoms with Crippen LogP contribution in [0.2, 0.25) is 0 Å². The summed E-state index contributed by atoms with van der Waals surface area (Å²) < 4.78 is 4.55. The van der Waals surface area contributed by atoms with Crippen LogP contribution in [-0.2, 0) is 14.3 Å². The van der Waals surface area contributed by atoms with Gasteiger partial charge in [-0.25, -0.2) is 4.79 Å². The van der Waals surface area contributed by atoms with E-state index in [2.05, 4.69) is 15.4 Å². The molecule has 2 heterocycles. The number of amides is 3. The first-order chi connectivity index (χ1) is 10.5. The number of ether oxygens (including phenoxy) is 1. The van der Waals surface area contributed by atoms with Crippen LogP contribution in [0.1, 0.15) is 46.0 Å². The SMILES string of the molecule is CC.CNC(=O)C12CCCC(NC(=O)OC)C(=O)N1CCC2. The maximum atomic E-state index is 12.6. The molecule has 2 N–H and O–H groups in total. The molecule has 0 spiro atoms. The molecule has 126 valence electrons. The van der Waals surface area contributed by atoms with Gasteiger partial charge in [-0.05, 0) is 32.1 Å². The van der Waals surface area contributed by atoms with Crippen LogP contribution >= 0.6 is 0 Å². The number of carbonyl (C=O) groups is 3. The summed E-state index contributed by atoms with van der Waals surface area (Å²) in [6, 6.07) is -0.605. The summed E-state index contributed by atoms with van der Waals surface area (Å²) in [5.74, 6) is -0.295. The highest BCUT2D eigenvalue weighted by molar-refractivity contribution is 5.95. The molecule has 22 heavy (non-hydrogen) atoms. The topological polar surface area (TPSA) is 87.7 Å². The van der Waals surface area contributed by atoms with Crippen molar-refractivity contribution in [2.24, 2.45) is 0 Å². The van der Waals surface area contributed by atoms with E-state index in [1.807, 2.05) is 13.8 Å². The number of nitrogens with one attached hydrogen (secondary N) is 2. The van der Waals surface area contributed by atoms with Gasteiger partial charge in [-0.1, -0.05) is 13.8 Å². The van der Waals surface area contributed by atoms with Gasteiger partial charge in [-0.15, -0.1) is 0 Å². The highest BCUT2D eigenvalue weighted by Gasteiger charge is 2.51. The van der Waals surface area contributed by atoms with E-state index in [4.69, 9.17) is 0 Å². The van der Waals surface area contributed by atoms with Crippen LogP contribution in [0.15, 0.2) is 0 Å². The Balaban J connectivity index is 0.00000116. The van der Waals surface area contributed by atoms with Gasteiger partial charge in [0.15, 0.2) is 0 Å².